The van der Waals surface area contributed by atoms with Crippen LogP contribution in [0, 0.1) is 11.3 Å². The van der Waals surface area contributed by atoms with Crippen LogP contribution in [0.3, 0.4) is 0 Å². The van der Waals surface area contributed by atoms with Crippen molar-refractivity contribution >= 4 is 11.8 Å². The second-order valence-corrected chi connectivity index (χ2v) is 4.70. The molecule has 0 saturated carbocycles. The van der Waals surface area contributed by atoms with Crippen LogP contribution in [0.25, 0.3) is 0 Å². The number of hydrogen-bond donors (Lipinski definition) is 1. The zero-order valence-electron chi connectivity index (χ0n) is 8.82. The Bertz CT molecular complexity index is 442. The van der Waals surface area contributed by atoms with Crippen LogP contribution in [0.4, 0.5) is 13.2 Å². The summed E-state index contributed by atoms with van der Waals surface area (Å²) in [5.74, 6) is 0. The summed E-state index contributed by atoms with van der Waals surface area (Å²) in [5.41, 5.74) is -0.965. The van der Waals surface area contributed by atoms with E-state index in [0.29, 0.717) is 0 Å². The largest absolute Gasteiger partial charge is 0.433 e. The zero-order chi connectivity index (χ0) is 13.1. The van der Waals surface area contributed by atoms with Gasteiger partial charge in [0, 0.05) is 5.25 Å². The molecule has 0 aliphatic rings. The molecule has 1 heterocycles. The highest BCUT2D eigenvalue weighted by atomic mass is 32.2. The fraction of sp³-hybridized carbons (Fsp3) is 0.400. The highest BCUT2D eigenvalue weighted by Crippen LogP contribution is 2.31. The molecule has 0 saturated heterocycles. The van der Waals surface area contributed by atoms with Gasteiger partial charge in [0.25, 0.3) is 0 Å². The molecule has 0 radical (unpaired) electrons. The van der Waals surface area contributed by atoms with E-state index in [2.05, 4.69) is 4.98 Å². The molecule has 7 heteroatoms. The first-order valence-electron chi connectivity index (χ1n) is 4.64. The molecule has 0 aliphatic heterocycles. The maximum Gasteiger partial charge on any atom is 0.433 e. The fourth-order valence-electron chi connectivity index (χ4n) is 1.00. The van der Waals surface area contributed by atoms with Gasteiger partial charge < -0.3 is 5.11 Å². The summed E-state index contributed by atoms with van der Waals surface area (Å²) in [4.78, 5) is 3.41. The van der Waals surface area contributed by atoms with E-state index >= 15 is 0 Å². The predicted molar refractivity (Wildman–Crippen MR) is 56.4 cm³/mol. The van der Waals surface area contributed by atoms with Crippen LogP contribution in [-0.2, 0) is 6.18 Å². The normalized spacial score (nSPS) is 13.2. The van der Waals surface area contributed by atoms with E-state index in [4.69, 9.17) is 10.4 Å². The van der Waals surface area contributed by atoms with E-state index in [1.807, 2.05) is 0 Å². The molecule has 1 atom stereocenters. The molecule has 3 nitrogen and oxygen atoms in total. The minimum Gasteiger partial charge on any atom is -0.395 e. The molecule has 1 rings (SSSR count). The first-order chi connectivity index (χ1) is 7.88. The molecule has 1 unspecified atom stereocenters. The van der Waals surface area contributed by atoms with Gasteiger partial charge in [-0.2, -0.15) is 18.4 Å². The van der Waals surface area contributed by atoms with Gasteiger partial charge in [0.05, 0.1) is 12.2 Å². The number of aliphatic hydroxyl groups is 1. The van der Waals surface area contributed by atoms with Gasteiger partial charge >= 0.3 is 6.18 Å². The number of aromatic nitrogens is 1. The summed E-state index contributed by atoms with van der Waals surface area (Å²) >= 11 is 0.941. The van der Waals surface area contributed by atoms with E-state index in [0.717, 1.165) is 23.9 Å². The smallest absolute Gasteiger partial charge is 0.395 e. The number of thioether (sulfide) groups is 1. The standard InChI is InChI=1S/C10H9F3N2OS/c1-6(5-16)17-9-7(4-14)2-3-8(15-9)10(11,12)13/h2-3,6,16H,5H2,1H3. The molecular formula is C10H9F3N2OS. The third-order valence-corrected chi connectivity index (χ3v) is 2.93. The van der Waals surface area contributed by atoms with Crippen LogP contribution in [0.1, 0.15) is 18.2 Å². The van der Waals surface area contributed by atoms with E-state index < -0.39 is 11.9 Å². The van der Waals surface area contributed by atoms with E-state index in [9.17, 15) is 13.2 Å². The predicted octanol–water partition coefficient (Wildman–Crippen LogP) is 2.44. The number of pyridine rings is 1. The number of aliphatic hydroxyl groups excluding tert-OH is 1. The van der Waals surface area contributed by atoms with Crippen LogP contribution in [0.5, 0.6) is 0 Å². The summed E-state index contributed by atoms with van der Waals surface area (Å²) < 4.78 is 37.3. The Balaban J connectivity index is 3.12. The Morgan fingerprint density at radius 1 is 1.53 bits per heavy atom. The number of rotatable bonds is 3. The second-order valence-electron chi connectivity index (χ2n) is 3.27. The lowest BCUT2D eigenvalue weighted by atomic mass is 10.2. The van der Waals surface area contributed by atoms with Crippen LogP contribution in [0.2, 0.25) is 0 Å². The highest BCUT2D eigenvalue weighted by Gasteiger charge is 2.33. The monoisotopic (exact) mass is 262 g/mol. The maximum absolute atomic E-state index is 12.4. The number of nitriles is 1. The molecule has 0 bridgehead atoms. The average molecular weight is 262 g/mol. The lowest BCUT2D eigenvalue weighted by Crippen LogP contribution is -2.10. The third-order valence-electron chi connectivity index (χ3n) is 1.84. The molecule has 0 fully saturated rings. The minimum atomic E-state index is -4.54. The minimum absolute atomic E-state index is 0.0103. The molecule has 92 valence electrons. The molecule has 1 N–H and O–H groups in total. The van der Waals surface area contributed by atoms with E-state index in [1.54, 1.807) is 13.0 Å². The molecular weight excluding hydrogens is 253 g/mol. The van der Waals surface area contributed by atoms with Crippen LogP contribution >= 0.6 is 11.8 Å². The van der Waals surface area contributed by atoms with Crippen molar-refractivity contribution < 1.29 is 18.3 Å². The first-order valence-corrected chi connectivity index (χ1v) is 5.52. The van der Waals surface area contributed by atoms with Crippen LogP contribution in [-0.4, -0.2) is 21.9 Å². The molecule has 0 amide bonds. The van der Waals surface area contributed by atoms with E-state index in [-0.39, 0.29) is 22.4 Å². The fourth-order valence-corrected chi connectivity index (χ4v) is 1.85. The van der Waals surface area contributed by atoms with Crippen LogP contribution in [0.15, 0.2) is 17.2 Å². The van der Waals surface area contributed by atoms with Crippen molar-refractivity contribution in [3.05, 3.63) is 23.4 Å². The van der Waals surface area contributed by atoms with Gasteiger partial charge in [-0.3, -0.25) is 0 Å². The second kappa shape index (κ2) is 5.38. The summed E-state index contributed by atoms with van der Waals surface area (Å²) in [6.45, 7) is 1.43. The van der Waals surface area contributed by atoms with Crippen molar-refractivity contribution in [2.75, 3.05) is 6.61 Å². The Hall–Kier alpha value is -1.26. The summed E-state index contributed by atoms with van der Waals surface area (Å²) in [5, 5.41) is 17.3. The summed E-state index contributed by atoms with van der Waals surface area (Å²) in [6.07, 6.45) is -4.54. The van der Waals surface area contributed by atoms with Crippen molar-refractivity contribution in [2.45, 2.75) is 23.4 Å². The molecule has 1 aromatic rings. The van der Waals surface area contributed by atoms with Crippen molar-refractivity contribution in [2.24, 2.45) is 0 Å². The quantitative estimate of drug-likeness (QED) is 0.850. The van der Waals surface area contributed by atoms with Gasteiger partial charge in [-0.15, -0.1) is 0 Å². The number of hydrogen-bond acceptors (Lipinski definition) is 4. The molecule has 0 spiro atoms. The van der Waals surface area contributed by atoms with Crippen molar-refractivity contribution in [3.8, 4) is 6.07 Å². The SMILES string of the molecule is CC(CO)Sc1nc(C(F)(F)F)ccc1C#N. The maximum atomic E-state index is 12.4. The van der Waals surface area contributed by atoms with Gasteiger partial charge in [-0.05, 0) is 12.1 Å². The van der Waals surface area contributed by atoms with E-state index in [1.165, 1.54) is 0 Å². The average Bonchev–Trinajstić information content (AvgIpc) is 2.27. The lowest BCUT2D eigenvalue weighted by molar-refractivity contribution is -0.141. The Morgan fingerprint density at radius 2 is 2.18 bits per heavy atom. The molecule has 1 aromatic heterocycles. The van der Waals surface area contributed by atoms with Gasteiger partial charge in [0.1, 0.15) is 16.8 Å². The number of nitrogens with zero attached hydrogens (tertiary/aromatic N) is 2. The number of halogens is 3. The summed E-state index contributed by atoms with van der Waals surface area (Å²) in [7, 11) is 0. The van der Waals surface area contributed by atoms with Crippen LogP contribution < -0.4 is 0 Å². The van der Waals surface area contributed by atoms with Gasteiger partial charge in [-0.25, -0.2) is 4.98 Å². The van der Waals surface area contributed by atoms with Gasteiger partial charge in [-0.1, -0.05) is 18.7 Å². The van der Waals surface area contributed by atoms with Crippen molar-refractivity contribution in [1.29, 1.82) is 5.26 Å². The highest BCUT2D eigenvalue weighted by molar-refractivity contribution is 7.99. The first kappa shape index (κ1) is 13.8. The van der Waals surface area contributed by atoms with Gasteiger partial charge in [0.2, 0.25) is 0 Å². The zero-order valence-corrected chi connectivity index (χ0v) is 9.64. The topological polar surface area (TPSA) is 56.9 Å². The molecule has 17 heavy (non-hydrogen) atoms. The molecule has 0 aromatic carbocycles. The summed E-state index contributed by atoms with van der Waals surface area (Å²) in [6, 6.07) is 3.63. The third kappa shape index (κ3) is 3.61. The Morgan fingerprint density at radius 3 is 2.65 bits per heavy atom. The molecule has 0 aliphatic carbocycles. The Kier molecular flexibility index (Phi) is 4.37. The van der Waals surface area contributed by atoms with Crippen molar-refractivity contribution in [3.63, 3.8) is 0 Å². The van der Waals surface area contributed by atoms with Gasteiger partial charge in [0.15, 0.2) is 0 Å². The Labute approximate surface area is 100 Å². The lowest BCUT2D eigenvalue weighted by Gasteiger charge is -2.11. The number of alkyl halides is 3. The van der Waals surface area contributed by atoms with Crippen molar-refractivity contribution in [1.82, 2.24) is 4.98 Å².